The zero-order valence-electron chi connectivity index (χ0n) is 16.2. The van der Waals surface area contributed by atoms with Gasteiger partial charge < -0.3 is 5.32 Å². The van der Waals surface area contributed by atoms with Crippen molar-refractivity contribution in [3.63, 3.8) is 0 Å². The topological polar surface area (TPSA) is 50.7 Å². The molecule has 0 atom stereocenters. The van der Waals surface area contributed by atoms with Crippen molar-refractivity contribution in [3.05, 3.63) is 78.6 Å². The van der Waals surface area contributed by atoms with Crippen molar-refractivity contribution in [1.29, 1.82) is 0 Å². The quantitative estimate of drug-likeness (QED) is 0.446. The number of benzene rings is 1. The van der Waals surface area contributed by atoms with E-state index in [1.54, 1.807) is 23.7 Å². The molecule has 0 aliphatic carbocycles. The van der Waals surface area contributed by atoms with E-state index in [2.05, 4.69) is 60.3 Å². The lowest BCUT2D eigenvalue weighted by Crippen LogP contribution is -2.10. The summed E-state index contributed by atoms with van der Waals surface area (Å²) in [6, 6.07) is 20.3. The van der Waals surface area contributed by atoms with Gasteiger partial charge in [0.1, 0.15) is 15.7 Å². The number of rotatable bonds is 4. The summed E-state index contributed by atoms with van der Waals surface area (Å²) in [5.41, 5.74) is 5.01. The summed E-state index contributed by atoms with van der Waals surface area (Å²) in [6.07, 6.45) is 3.58. The van der Waals surface area contributed by atoms with Gasteiger partial charge in [-0.1, -0.05) is 56.4 Å². The minimum atomic E-state index is 0.133. The second kappa shape index (κ2) is 7.52. The summed E-state index contributed by atoms with van der Waals surface area (Å²) in [4.78, 5) is 13.8. The van der Waals surface area contributed by atoms with Gasteiger partial charge in [0.15, 0.2) is 0 Å². The number of aromatic nitrogens is 3. The van der Waals surface area contributed by atoms with E-state index in [0.717, 1.165) is 32.8 Å². The molecule has 3 aromatic heterocycles. The summed E-state index contributed by atoms with van der Waals surface area (Å²) in [5.74, 6) is 0. The first-order valence-corrected chi connectivity index (χ1v) is 10.0. The zero-order valence-corrected chi connectivity index (χ0v) is 17.0. The lowest BCUT2D eigenvalue weighted by molar-refractivity contribution is 0.590. The first-order valence-electron chi connectivity index (χ1n) is 9.22. The number of hydrogen-bond acceptors (Lipinski definition) is 5. The predicted molar refractivity (Wildman–Crippen MR) is 117 cm³/mol. The van der Waals surface area contributed by atoms with Crippen molar-refractivity contribution in [2.24, 2.45) is 0 Å². The van der Waals surface area contributed by atoms with Crippen molar-refractivity contribution < 1.29 is 0 Å². The molecule has 0 saturated carbocycles. The molecule has 4 rings (SSSR count). The molecule has 1 aromatic carbocycles. The Labute approximate surface area is 169 Å². The first kappa shape index (κ1) is 18.3. The average molecular weight is 387 g/mol. The summed E-state index contributed by atoms with van der Waals surface area (Å²) in [7, 11) is 0. The molecular weight excluding hydrogens is 364 g/mol. The Hall–Kier alpha value is -3.05. The molecule has 0 aliphatic rings. The smallest absolute Gasteiger partial charge is 0.144 e. The van der Waals surface area contributed by atoms with Crippen LogP contribution in [-0.2, 0) is 5.41 Å². The number of anilines is 2. The summed E-state index contributed by atoms with van der Waals surface area (Å²) in [6.45, 7) is 6.66. The Kier molecular flexibility index (Phi) is 4.92. The van der Waals surface area contributed by atoms with Gasteiger partial charge >= 0.3 is 0 Å². The highest BCUT2D eigenvalue weighted by atomic mass is 32.1. The molecule has 4 aromatic rings. The fraction of sp³-hybridized carbons (Fsp3) is 0.174. The van der Waals surface area contributed by atoms with Crippen LogP contribution >= 0.6 is 11.3 Å². The number of hydrogen-bond donors (Lipinski definition) is 1. The monoisotopic (exact) mass is 386 g/mol. The van der Waals surface area contributed by atoms with E-state index in [9.17, 15) is 0 Å². The van der Waals surface area contributed by atoms with Gasteiger partial charge in [-0.15, -0.1) is 0 Å². The predicted octanol–water partition coefficient (Wildman–Crippen LogP) is 6.31. The van der Waals surface area contributed by atoms with Crippen LogP contribution in [0.25, 0.3) is 22.1 Å². The highest BCUT2D eigenvalue weighted by Gasteiger charge is 2.17. The highest BCUT2D eigenvalue weighted by molar-refractivity contribution is 7.19. The summed E-state index contributed by atoms with van der Waals surface area (Å²) >= 11 is 1.59. The van der Waals surface area contributed by atoms with Crippen LogP contribution in [-0.4, -0.2) is 15.0 Å². The minimum Gasteiger partial charge on any atom is -0.345 e. The Morgan fingerprint density at radius 2 is 1.43 bits per heavy atom. The molecule has 140 valence electrons. The van der Waals surface area contributed by atoms with Crippen LogP contribution in [0.15, 0.2) is 73.1 Å². The van der Waals surface area contributed by atoms with Gasteiger partial charge in [-0.2, -0.15) is 0 Å². The SMILES string of the molecule is CC(C)(C)c1ccc(Nc2sc(-c3ccccn3)nc2-c2ccccn2)cc1. The van der Waals surface area contributed by atoms with Gasteiger partial charge in [-0.05, 0) is 47.4 Å². The second-order valence-corrected chi connectivity index (χ2v) is 8.58. The van der Waals surface area contributed by atoms with Crippen LogP contribution in [0.4, 0.5) is 10.7 Å². The zero-order chi connectivity index (χ0) is 19.6. The Morgan fingerprint density at radius 3 is 2.00 bits per heavy atom. The highest BCUT2D eigenvalue weighted by Crippen LogP contribution is 2.38. The molecule has 3 heterocycles. The standard InChI is InChI=1S/C23H22N4S/c1-23(2,3)16-10-12-17(13-11-16)26-22-20(18-8-4-6-14-24-18)27-21(28-22)19-9-5-7-15-25-19/h4-15,26H,1-3H3. The molecule has 4 nitrogen and oxygen atoms in total. The van der Waals surface area contributed by atoms with Crippen molar-refractivity contribution in [3.8, 4) is 22.1 Å². The molecule has 0 spiro atoms. The Morgan fingerprint density at radius 1 is 0.786 bits per heavy atom. The van der Waals surface area contributed by atoms with Crippen molar-refractivity contribution in [2.75, 3.05) is 5.32 Å². The normalized spacial score (nSPS) is 11.4. The maximum absolute atomic E-state index is 4.83. The van der Waals surface area contributed by atoms with Gasteiger partial charge in [0, 0.05) is 18.1 Å². The largest absolute Gasteiger partial charge is 0.345 e. The van der Waals surface area contributed by atoms with Crippen LogP contribution < -0.4 is 5.32 Å². The summed E-state index contributed by atoms with van der Waals surface area (Å²) < 4.78 is 0. The van der Waals surface area contributed by atoms with Gasteiger partial charge in [0.05, 0.1) is 11.4 Å². The summed E-state index contributed by atoms with van der Waals surface area (Å²) in [5, 5.41) is 5.36. The molecule has 5 heteroatoms. The van der Waals surface area contributed by atoms with Gasteiger partial charge in [-0.25, -0.2) is 4.98 Å². The van der Waals surface area contributed by atoms with Crippen LogP contribution in [0.1, 0.15) is 26.3 Å². The fourth-order valence-electron chi connectivity index (χ4n) is 2.86. The van der Waals surface area contributed by atoms with E-state index >= 15 is 0 Å². The van der Waals surface area contributed by atoms with E-state index in [0.29, 0.717) is 0 Å². The third kappa shape index (κ3) is 3.94. The van der Waals surface area contributed by atoms with Crippen molar-refractivity contribution in [1.82, 2.24) is 15.0 Å². The average Bonchev–Trinajstić information content (AvgIpc) is 3.13. The molecule has 0 unspecified atom stereocenters. The molecule has 0 aliphatic heterocycles. The number of pyridine rings is 2. The maximum Gasteiger partial charge on any atom is 0.144 e. The minimum absolute atomic E-state index is 0.133. The molecule has 0 fully saturated rings. The van der Waals surface area contributed by atoms with Crippen LogP contribution in [0, 0.1) is 0 Å². The number of nitrogens with one attached hydrogen (secondary N) is 1. The van der Waals surface area contributed by atoms with E-state index in [1.165, 1.54) is 5.56 Å². The van der Waals surface area contributed by atoms with E-state index < -0.39 is 0 Å². The number of nitrogens with zero attached hydrogens (tertiary/aromatic N) is 3. The van der Waals surface area contributed by atoms with Gasteiger partial charge in [-0.3, -0.25) is 9.97 Å². The second-order valence-electron chi connectivity index (χ2n) is 7.58. The maximum atomic E-state index is 4.83. The number of thiazole rings is 1. The lowest BCUT2D eigenvalue weighted by atomic mass is 9.87. The van der Waals surface area contributed by atoms with E-state index in [1.807, 2.05) is 36.4 Å². The lowest BCUT2D eigenvalue weighted by Gasteiger charge is -2.19. The third-order valence-corrected chi connectivity index (χ3v) is 5.42. The molecule has 28 heavy (non-hydrogen) atoms. The molecular formula is C23H22N4S. The van der Waals surface area contributed by atoms with Crippen molar-refractivity contribution >= 4 is 22.0 Å². The van der Waals surface area contributed by atoms with Crippen LogP contribution in [0.5, 0.6) is 0 Å². The van der Waals surface area contributed by atoms with Gasteiger partial charge in [0.2, 0.25) is 0 Å². The van der Waals surface area contributed by atoms with Crippen LogP contribution in [0.2, 0.25) is 0 Å². The molecule has 1 N–H and O–H groups in total. The van der Waals surface area contributed by atoms with Gasteiger partial charge in [0.25, 0.3) is 0 Å². The van der Waals surface area contributed by atoms with Crippen LogP contribution in [0.3, 0.4) is 0 Å². The first-order chi connectivity index (χ1) is 13.5. The van der Waals surface area contributed by atoms with E-state index in [-0.39, 0.29) is 5.41 Å². The molecule has 0 amide bonds. The Bertz CT molecular complexity index is 1050. The molecule has 0 saturated heterocycles. The Balaban J connectivity index is 1.72. The fourth-order valence-corrected chi connectivity index (χ4v) is 3.84. The van der Waals surface area contributed by atoms with E-state index in [4.69, 9.17) is 4.98 Å². The molecule has 0 radical (unpaired) electrons. The molecule has 0 bridgehead atoms. The third-order valence-electron chi connectivity index (χ3n) is 4.43. The van der Waals surface area contributed by atoms with Crippen molar-refractivity contribution in [2.45, 2.75) is 26.2 Å².